The van der Waals surface area contributed by atoms with E-state index in [9.17, 15) is 0 Å². The van der Waals surface area contributed by atoms with Crippen LogP contribution in [0.25, 0.3) is 0 Å². The van der Waals surface area contributed by atoms with E-state index < -0.39 is 0 Å². The van der Waals surface area contributed by atoms with Crippen molar-refractivity contribution in [2.45, 2.75) is 45.1 Å². The van der Waals surface area contributed by atoms with Gasteiger partial charge in [-0.05, 0) is 69.0 Å². The van der Waals surface area contributed by atoms with Crippen LogP contribution in [0.5, 0.6) is 0 Å². The number of nitrogens with one attached hydrogen (secondary N) is 1. The molecule has 1 saturated carbocycles. The van der Waals surface area contributed by atoms with Gasteiger partial charge in [-0.2, -0.15) is 0 Å². The Hall–Kier alpha value is -0.820. The molecule has 92 valence electrons. The lowest BCUT2D eigenvalue weighted by Gasteiger charge is -2.20. The molecule has 0 aromatic heterocycles. The minimum atomic E-state index is 0.255. The van der Waals surface area contributed by atoms with Crippen molar-refractivity contribution in [3.05, 3.63) is 35.4 Å². The Kier molecular flexibility index (Phi) is 2.55. The predicted octanol–water partition coefficient (Wildman–Crippen LogP) is 3.35. The van der Waals surface area contributed by atoms with E-state index in [0.717, 1.165) is 17.8 Å². The van der Waals surface area contributed by atoms with E-state index in [1.165, 1.54) is 19.4 Å². The van der Waals surface area contributed by atoms with Crippen LogP contribution in [0.3, 0.4) is 0 Å². The second-order valence-corrected chi connectivity index (χ2v) is 6.72. The van der Waals surface area contributed by atoms with E-state index in [0.29, 0.717) is 0 Å². The molecule has 0 amide bonds. The molecule has 1 aromatic rings. The fourth-order valence-corrected chi connectivity index (χ4v) is 3.41. The predicted molar refractivity (Wildman–Crippen MR) is 72.2 cm³/mol. The van der Waals surface area contributed by atoms with Crippen molar-refractivity contribution < 1.29 is 0 Å². The van der Waals surface area contributed by atoms with Gasteiger partial charge in [-0.1, -0.05) is 24.3 Å². The summed E-state index contributed by atoms with van der Waals surface area (Å²) in [5, 5.41) is 3.67. The molecule has 1 heteroatoms. The van der Waals surface area contributed by atoms with Crippen LogP contribution in [0.15, 0.2) is 24.3 Å². The molecule has 0 spiro atoms. The third kappa shape index (κ3) is 2.13. The maximum Gasteiger partial charge on any atom is 0.00966 e. The molecule has 2 aliphatic rings. The Morgan fingerprint density at radius 3 is 2.76 bits per heavy atom. The number of hydrogen-bond acceptors (Lipinski definition) is 1. The lowest BCUT2D eigenvalue weighted by molar-refractivity contribution is 0.407. The zero-order valence-corrected chi connectivity index (χ0v) is 11.2. The molecular weight excluding hydrogens is 206 g/mol. The van der Waals surface area contributed by atoms with Gasteiger partial charge in [0.2, 0.25) is 0 Å². The van der Waals surface area contributed by atoms with Gasteiger partial charge in [0.1, 0.15) is 0 Å². The fourth-order valence-electron chi connectivity index (χ4n) is 3.41. The molecule has 0 aliphatic heterocycles. The Bertz CT molecular complexity index is 416. The summed E-state index contributed by atoms with van der Waals surface area (Å²) in [5.74, 6) is 2.70. The van der Waals surface area contributed by atoms with Crippen LogP contribution in [0, 0.1) is 11.8 Å². The molecule has 1 nitrogen and oxygen atoms in total. The van der Waals surface area contributed by atoms with Gasteiger partial charge in [0.25, 0.3) is 0 Å². The van der Waals surface area contributed by atoms with Crippen molar-refractivity contribution in [3.8, 4) is 0 Å². The van der Waals surface area contributed by atoms with Crippen molar-refractivity contribution in [2.24, 2.45) is 11.8 Å². The minimum Gasteiger partial charge on any atom is -0.312 e. The van der Waals surface area contributed by atoms with E-state index in [-0.39, 0.29) is 5.54 Å². The van der Waals surface area contributed by atoms with Crippen LogP contribution in [0.4, 0.5) is 0 Å². The summed E-state index contributed by atoms with van der Waals surface area (Å²) in [5.41, 5.74) is 3.50. The maximum absolute atomic E-state index is 3.67. The standard InChI is InChI=1S/C16H23N/c1-16(2,3)17-10-14-13-9-8-11-6-4-5-7-12(11)15(13)14/h4-7,13-15,17H,8-10H2,1-3H3. The minimum absolute atomic E-state index is 0.255. The molecule has 1 aromatic carbocycles. The third-order valence-corrected chi connectivity index (χ3v) is 4.36. The van der Waals surface area contributed by atoms with Crippen molar-refractivity contribution in [1.29, 1.82) is 0 Å². The van der Waals surface area contributed by atoms with Crippen LogP contribution < -0.4 is 5.32 Å². The molecule has 0 radical (unpaired) electrons. The van der Waals surface area contributed by atoms with Gasteiger partial charge in [-0.15, -0.1) is 0 Å². The lowest BCUT2D eigenvalue weighted by atomic mass is 9.92. The Morgan fingerprint density at radius 2 is 2.00 bits per heavy atom. The van der Waals surface area contributed by atoms with E-state index in [1.54, 1.807) is 11.1 Å². The number of rotatable bonds is 2. The largest absolute Gasteiger partial charge is 0.312 e. The number of benzene rings is 1. The highest BCUT2D eigenvalue weighted by molar-refractivity contribution is 5.39. The number of hydrogen-bond donors (Lipinski definition) is 1. The number of fused-ring (bicyclic) bond motifs is 3. The third-order valence-electron chi connectivity index (χ3n) is 4.36. The molecule has 1 fully saturated rings. The first-order valence-corrected chi connectivity index (χ1v) is 6.89. The molecule has 2 aliphatic carbocycles. The Morgan fingerprint density at radius 1 is 1.24 bits per heavy atom. The molecule has 17 heavy (non-hydrogen) atoms. The van der Waals surface area contributed by atoms with Crippen molar-refractivity contribution in [3.63, 3.8) is 0 Å². The van der Waals surface area contributed by atoms with E-state index in [1.807, 2.05) is 0 Å². The summed E-state index contributed by atoms with van der Waals surface area (Å²) in [4.78, 5) is 0. The van der Waals surface area contributed by atoms with E-state index >= 15 is 0 Å². The second kappa shape index (κ2) is 3.84. The molecular formula is C16H23N. The van der Waals surface area contributed by atoms with Gasteiger partial charge in [-0.3, -0.25) is 0 Å². The first kappa shape index (κ1) is 11.3. The second-order valence-electron chi connectivity index (χ2n) is 6.72. The Labute approximate surface area is 105 Å². The van der Waals surface area contributed by atoms with Crippen LogP contribution in [-0.4, -0.2) is 12.1 Å². The molecule has 3 rings (SSSR count). The molecule has 1 N–H and O–H groups in total. The fraction of sp³-hybridized carbons (Fsp3) is 0.625. The highest BCUT2D eigenvalue weighted by Gasteiger charge is 2.52. The van der Waals surface area contributed by atoms with Gasteiger partial charge >= 0.3 is 0 Å². The molecule has 0 bridgehead atoms. The molecule has 3 unspecified atom stereocenters. The van der Waals surface area contributed by atoms with E-state index in [4.69, 9.17) is 0 Å². The van der Waals surface area contributed by atoms with Crippen molar-refractivity contribution >= 4 is 0 Å². The monoisotopic (exact) mass is 229 g/mol. The molecule has 3 atom stereocenters. The molecule has 0 saturated heterocycles. The quantitative estimate of drug-likeness (QED) is 0.820. The topological polar surface area (TPSA) is 12.0 Å². The first-order valence-electron chi connectivity index (χ1n) is 6.89. The summed E-state index contributed by atoms with van der Waals surface area (Å²) in [6.07, 6.45) is 2.70. The van der Waals surface area contributed by atoms with Crippen LogP contribution in [0.1, 0.15) is 44.2 Å². The summed E-state index contributed by atoms with van der Waals surface area (Å²) in [6, 6.07) is 9.05. The maximum atomic E-state index is 3.67. The van der Waals surface area contributed by atoms with Crippen LogP contribution >= 0.6 is 0 Å². The number of aryl methyl sites for hydroxylation is 1. The average Bonchev–Trinajstić information content (AvgIpc) is 2.99. The summed E-state index contributed by atoms with van der Waals surface area (Å²) in [7, 11) is 0. The zero-order chi connectivity index (χ0) is 12.0. The van der Waals surface area contributed by atoms with Gasteiger partial charge in [-0.25, -0.2) is 0 Å². The average molecular weight is 229 g/mol. The van der Waals surface area contributed by atoms with Crippen LogP contribution in [0.2, 0.25) is 0 Å². The highest BCUT2D eigenvalue weighted by Crippen LogP contribution is 2.59. The van der Waals surface area contributed by atoms with Gasteiger partial charge in [0, 0.05) is 5.54 Å². The smallest absolute Gasteiger partial charge is 0.00966 e. The summed E-state index contributed by atoms with van der Waals surface area (Å²) >= 11 is 0. The van der Waals surface area contributed by atoms with Gasteiger partial charge in [0.15, 0.2) is 0 Å². The van der Waals surface area contributed by atoms with Crippen LogP contribution in [-0.2, 0) is 6.42 Å². The zero-order valence-electron chi connectivity index (χ0n) is 11.2. The van der Waals surface area contributed by atoms with Gasteiger partial charge in [0.05, 0.1) is 0 Å². The van der Waals surface area contributed by atoms with E-state index in [2.05, 4.69) is 50.4 Å². The SMILES string of the molecule is CC(C)(C)NCC1C2CCc3ccccc3C21. The summed E-state index contributed by atoms with van der Waals surface area (Å²) < 4.78 is 0. The van der Waals surface area contributed by atoms with Crippen molar-refractivity contribution in [2.75, 3.05) is 6.54 Å². The summed E-state index contributed by atoms with van der Waals surface area (Å²) in [6.45, 7) is 7.96. The lowest BCUT2D eigenvalue weighted by Crippen LogP contribution is -2.37. The highest BCUT2D eigenvalue weighted by atomic mass is 15.0. The first-order chi connectivity index (χ1) is 8.06. The molecule has 0 heterocycles. The normalized spacial score (nSPS) is 30.6. The van der Waals surface area contributed by atoms with Gasteiger partial charge < -0.3 is 5.32 Å². The Balaban J connectivity index is 1.70. The van der Waals surface area contributed by atoms with Crippen molar-refractivity contribution in [1.82, 2.24) is 5.32 Å².